The maximum Gasteiger partial charge on any atom is 0.515 e. The number of fused-ring (bicyclic) bond motifs is 6. The molecule has 0 aliphatic carbocycles. The van der Waals surface area contributed by atoms with Crippen LogP contribution in [0.5, 0.6) is 0 Å². The molecule has 13 aromatic carbocycles. The Morgan fingerprint density at radius 1 is 0.220 bits per heavy atom. The Balaban J connectivity index is 0.836. The lowest BCUT2D eigenvalue weighted by atomic mass is 10.1. The minimum absolute atomic E-state index is 0.200. The van der Waals surface area contributed by atoms with Crippen molar-refractivity contribution in [2.45, 2.75) is 13.1 Å². The zero-order valence-electron chi connectivity index (χ0n) is 62.9. The molecule has 6 atom stereocenters. The SMILES string of the molecule is C[Si]1(c2ccc(N3C(=O)c4ccc(C#Cc5ccccc5)cc4C3=O)cc2)O[Si]2(c3ccccc3)O[SiH]3O[Si]4(c5ccccc5)O[Si](C)(c5ccc(N6C(=O)c7ccc(C#Cc8ccccc8)cc7C6=O)cc5)O[Si]5(c6ccccc6)O[Si](c6ccccc6)(O3)O[Si](c3ccccc3)(O1)O[Si](c1ccccc1)(O5)O[Si](c1ccccc1)(O2)O4. The average Bonchev–Trinajstić information content (AvgIpc) is 0.822. The van der Waals surface area contributed by atoms with Gasteiger partial charge in [0.2, 0.25) is 0 Å². The predicted molar refractivity (Wildman–Crippen MR) is 461 cm³/mol. The summed E-state index contributed by atoms with van der Waals surface area (Å²) in [6.07, 6.45) is 0. The number of imide groups is 2. The number of amides is 4. The highest BCUT2D eigenvalue weighted by Gasteiger charge is 2.81. The van der Waals surface area contributed by atoms with Crippen LogP contribution in [0, 0.1) is 23.7 Å². The first-order chi connectivity index (χ1) is 57.5. The second-order valence-corrected chi connectivity index (χ2v) is 58.0. The third-order valence-corrected chi connectivity index (χ3v) is 62.8. The standard InChI is InChI=1S/C88H66N2O18Si10/c1-110(72-58-54-70(55-59-72)89-85(91)81-62-52-68(64-83(81)87(89)93)50-48-66-30-12-3-13-31-66)98-112(74-34-16-5-17-35-74)95-109-96-113(75-36-18-6-19-37-75)99-111(2,73-60-56-71(57-61-73)90-86(92)82-63-53-69(65-84(82)88(90)94)51-49-67-32-14-4-15-33-67)101-116(78-42-24-9-25-43-78)105-114(97-109,76-38-20-7-21-39-76)104-115(100-110,77-40-22-8-23-41-77)106-118(107-116,80-46-28-11-29-47-80)108-117(102-112,103-113)79-44-26-10-27-45-79/h3-47,52-65,109H,1-2H3. The van der Waals surface area contributed by atoms with Crippen LogP contribution in [0.25, 0.3) is 0 Å². The molecular formula is C88H66N2O18Si10. The first-order valence-electron chi connectivity index (χ1n) is 38.0. The van der Waals surface area contributed by atoms with Crippen molar-refractivity contribution >= 4 is 170 Å². The number of rotatable bonds is 11. The molecule has 4 amide bonds. The van der Waals surface area contributed by atoms with Crippen molar-refractivity contribution in [2.24, 2.45) is 0 Å². The molecule has 21 rings (SSSR count). The van der Waals surface area contributed by atoms with E-state index in [-0.39, 0.29) is 33.6 Å². The maximum absolute atomic E-state index is 14.9. The molecule has 118 heavy (non-hydrogen) atoms. The summed E-state index contributed by atoms with van der Waals surface area (Å²) in [5, 5.41) is 3.51. The van der Waals surface area contributed by atoms with Crippen molar-refractivity contribution in [1.29, 1.82) is 0 Å². The molecule has 8 heterocycles. The normalized spacial score (nSPS) is 27.4. The van der Waals surface area contributed by atoms with Gasteiger partial charge in [0.15, 0.2) is 0 Å². The third-order valence-electron chi connectivity index (χ3n) is 21.2. The van der Waals surface area contributed by atoms with Crippen molar-refractivity contribution in [3.8, 4) is 23.7 Å². The summed E-state index contributed by atoms with van der Waals surface area (Å²) in [5.41, 5.74) is 4.04. The van der Waals surface area contributed by atoms with Gasteiger partial charge in [0.05, 0.1) is 33.6 Å². The molecule has 0 N–H and O–H groups in total. The molecule has 8 aliphatic heterocycles. The van der Waals surface area contributed by atoms with E-state index in [4.69, 9.17) is 57.6 Å². The number of carbonyl (C=O) groups is 4. The lowest BCUT2D eigenvalue weighted by Crippen LogP contribution is -2.92. The number of hydrogen-bond acceptors (Lipinski definition) is 18. The predicted octanol–water partition coefficient (Wildman–Crippen LogP) is 8.29. The molecule has 20 nitrogen and oxygen atoms in total. The molecule has 576 valence electrons. The van der Waals surface area contributed by atoms with E-state index < -0.39 is 112 Å². The quantitative estimate of drug-likeness (QED) is 0.0679. The molecule has 8 aliphatic rings. The first kappa shape index (κ1) is 75.6. The van der Waals surface area contributed by atoms with Gasteiger partial charge >= 0.3 is 88.3 Å². The molecule has 13 aromatic rings. The van der Waals surface area contributed by atoms with Gasteiger partial charge in [0.25, 0.3) is 23.6 Å². The topological polar surface area (TPSA) is 204 Å². The minimum Gasteiger partial charge on any atom is -0.387 e. The van der Waals surface area contributed by atoms with Crippen LogP contribution in [0.1, 0.15) is 63.7 Å². The molecule has 8 bridgehead atoms. The van der Waals surface area contributed by atoms with Gasteiger partial charge in [-0.25, -0.2) is 9.80 Å². The number of hydrogen-bond donors (Lipinski definition) is 0. The summed E-state index contributed by atoms with van der Waals surface area (Å²) >= 11 is 0. The van der Waals surface area contributed by atoms with Crippen molar-refractivity contribution in [1.82, 2.24) is 0 Å². The van der Waals surface area contributed by atoms with Crippen LogP contribution in [0.2, 0.25) is 13.1 Å². The molecule has 0 saturated carbocycles. The van der Waals surface area contributed by atoms with Crippen LogP contribution in [0.15, 0.2) is 358 Å². The van der Waals surface area contributed by atoms with Crippen LogP contribution in [-0.2, 0) is 57.6 Å². The third kappa shape index (κ3) is 13.3. The van der Waals surface area contributed by atoms with Gasteiger partial charge in [-0.2, -0.15) is 0 Å². The fourth-order valence-electron chi connectivity index (χ4n) is 15.5. The minimum atomic E-state index is -5.53. The van der Waals surface area contributed by atoms with Crippen molar-refractivity contribution in [2.75, 3.05) is 9.80 Å². The Bertz CT molecular complexity index is 5940. The van der Waals surface area contributed by atoms with E-state index in [0.29, 0.717) is 57.8 Å². The van der Waals surface area contributed by atoms with Gasteiger partial charge in [0.1, 0.15) is 0 Å². The van der Waals surface area contributed by atoms with Crippen LogP contribution in [-0.4, -0.2) is 112 Å². The zero-order valence-corrected chi connectivity index (χ0v) is 73.0. The fraction of sp³-hybridized carbons (Fsp3) is 0.0227. The summed E-state index contributed by atoms with van der Waals surface area (Å²) in [6.45, 7) is 3.72. The molecule has 6 saturated heterocycles. The van der Waals surface area contributed by atoms with Gasteiger partial charge in [0, 0.05) is 58.6 Å². The van der Waals surface area contributed by atoms with Crippen LogP contribution >= 0.6 is 0 Å². The smallest absolute Gasteiger partial charge is 0.387 e. The number of carbonyl (C=O) groups excluding carboxylic acids is 4. The average molecular weight is 1720 g/mol. The summed E-state index contributed by atoms with van der Waals surface area (Å²) in [4.78, 5) is 61.7. The van der Waals surface area contributed by atoms with Gasteiger partial charge in [-0.3, -0.25) is 19.2 Å². The Kier molecular flexibility index (Phi) is 19.1. The molecule has 0 spiro atoms. The monoisotopic (exact) mass is 1720 g/mol. The highest BCUT2D eigenvalue weighted by atomic mass is 28.6. The van der Waals surface area contributed by atoms with E-state index >= 15 is 0 Å². The van der Waals surface area contributed by atoms with E-state index in [1.54, 1.807) is 84.9 Å². The Morgan fingerprint density at radius 2 is 0.441 bits per heavy atom. The Labute approximate surface area is 690 Å². The molecule has 6 fully saturated rings. The molecule has 6 unspecified atom stereocenters. The van der Waals surface area contributed by atoms with Crippen molar-refractivity contribution in [3.63, 3.8) is 0 Å². The zero-order chi connectivity index (χ0) is 80.0. The van der Waals surface area contributed by atoms with Gasteiger partial charge in [-0.1, -0.05) is 297 Å². The first-order valence-corrected chi connectivity index (χ1v) is 56.2. The Morgan fingerprint density at radius 3 is 0.729 bits per heavy atom. The van der Waals surface area contributed by atoms with E-state index in [2.05, 4.69) is 23.7 Å². The summed E-state index contributed by atoms with van der Waals surface area (Å²) in [5.74, 6) is 10.5. The van der Waals surface area contributed by atoms with E-state index in [0.717, 1.165) is 20.9 Å². The summed E-state index contributed by atoms with van der Waals surface area (Å²) in [7, 11) is -51.6. The molecule has 30 heteroatoms. The summed E-state index contributed by atoms with van der Waals surface area (Å²) in [6, 6.07) is 108. The molecule has 0 radical (unpaired) electrons. The second-order valence-electron chi connectivity index (χ2n) is 28.8. The van der Waals surface area contributed by atoms with Gasteiger partial charge in [-0.05, 0) is 108 Å². The van der Waals surface area contributed by atoms with Gasteiger partial charge in [-0.15, -0.1) is 0 Å². The largest absolute Gasteiger partial charge is 0.515 e. The lowest BCUT2D eigenvalue weighted by molar-refractivity contribution is 0.0322. The molecule has 0 aromatic heterocycles. The van der Waals surface area contributed by atoms with Crippen LogP contribution < -0.4 is 56.5 Å². The second kappa shape index (κ2) is 29.7. The van der Waals surface area contributed by atoms with E-state index in [1.165, 1.54) is 0 Å². The summed E-state index contributed by atoms with van der Waals surface area (Å²) < 4.78 is 119. The maximum atomic E-state index is 14.9. The van der Waals surface area contributed by atoms with Crippen LogP contribution in [0.4, 0.5) is 11.4 Å². The highest BCUT2D eigenvalue weighted by molar-refractivity contribution is 7.12. The molecular weight excluding hydrogens is 1650 g/mol. The van der Waals surface area contributed by atoms with Crippen LogP contribution in [0.3, 0.4) is 0 Å². The number of anilines is 2. The lowest BCUT2D eigenvalue weighted by Gasteiger charge is -2.59. The van der Waals surface area contributed by atoms with Crippen molar-refractivity contribution in [3.05, 3.63) is 402 Å². The Hall–Kier alpha value is -11.1. The highest BCUT2D eigenvalue weighted by Crippen LogP contribution is 2.46. The van der Waals surface area contributed by atoms with E-state index in [1.807, 2.05) is 286 Å². The number of nitrogens with zero attached hydrogens (tertiary/aromatic N) is 2. The van der Waals surface area contributed by atoms with Crippen molar-refractivity contribution < 1.29 is 76.8 Å². The fourth-order valence-corrected chi connectivity index (χ4v) is 69.2. The number of benzene rings is 13. The van der Waals surface area contributed by atoms with Gasteiger partial charge < -0.3 is 57.6 Å². The van der Waals surface area contributed by atoms with E-state index in [9.17, 15) is 19.2 Å².